The van der Waals surface area contributed by atoms with Crippen molar-refractivity contribution in [1.82, 2.24) is 0 Å². The van der Waals surface area contributed by atoms with E-state index in [1.165, 1.54) is 0 Å². The zero-order valence-electron chi connectivity index (χ0n) is 9.12. The maximum Gasteiger partial charge on any atom is 0.422 e. The summed E-state index contributed by atoms with van der Waals surface area (Å²) in [6.45, 7) is 0. The topological polar surface area (TPSA) is 26.0 Å². The highest BCUT2D eigenvalue weighted by Crippen LogP contribution is 2.49. The van der Waals surface area contributed by atoms with E-state index in [-0.39, 0.29) is 11.5 Å². The fourth-order valence-corrected chi connectivity index (χ4v) is 2.56. The van der Waals surface area contributed by atoms with Crippen LogP contribution < -0.4 is 5.73 Å². The van der Waals surface area contributed by atoms with E-state index in [1.807, 2.05) is 0 Å². The molecule has 2 N–H and O–H groups in total. The second-order valence-corrected chi connectivity index (χ2v) is 5.47. The van der Waals surface area contributed by atoms with Crippen LogP contribution in [0.2, 0.25) is 0 Å². The summed E-state index contributed by atoms with van der Waals surface area (Å²) in [5.41, 5.74) is 2.83. The van der Waals surface area contributed by atoms with Crippen LogP contribution >= 0.6 is 0 Å². The Balaban J connectivity index is 1.86. The first-order valence-corrected chi connectivity index (χ1v) is 5.79. The minimum Gasteiger partial charge on any atom is -0.325 e. The largest absolute Gasteiger partial charge is 0.422 e. The van der Waals surface area contributed by atoms with Crippen molar-refractivity contribution in [3.05, 3.63) is 0 Å². The van der Waals surface area contributed by atoms with Crippen LogP contribution in [0.5, 0.6) is 0 Å². The van der Waals surface area contributed by atoms with Gasteiger partial charge in [0, 0.05) is 5.54 Å². The molecule has 16 heavy (non-hydrogen) atoms. The van der Waals surface area contributed by atoms with Crippen LogP contribution in [0.4, 0.5) is 17.6 Å². The second-order valence-electron chi connectivity index (χ2n) is 5.47. The van der Waals surface area contributed by atoms with Gasteiger partial charge in [-0.25, -0.2) is 4.39 Å². The smallest absolute Gasteiger partial charge is 0.325 e. The van der Waals surface area contributed by atoms with Crippen molar-refractivity contribution in [2.75, 3.05) is 0 Å². The van der Waals surface area contributed by atoms with Crippen molar-refractivity contribution in [2.45, 2.75) is 62.3 Å². The molecular weight excluding hydrogens is 222 g/mol. The summed E-state index contributed by atoms with van der Waals surface area (Å²) in [5.74, 6) is 0.179. The summed E-state index contributed by atoms with van der Waals surface area (Å²) >= 11 is 0. The van der Waals surface area contributed by atoms with Gasteiger partial charge in [-0.2, -0.15) is 13.2 Å². The Morgan fingerprint density at radius 2 is 1.56 bits per heavy atom. The number of hydrogen-bond donors (Lipinski definition) is 1. The highest BCUT2D eigenvalue weighted by Gasteiger charge is 2.57. The third-order valence-corrected chi connectivity index (χ3v) is 3.99. The van der Waals surface area contributed by atoms with Gasteiger partial charge in [0.05, 0.1) is 0 Å². The van der Waals surface area contributed by atoms with Gasteiger partial charge in [0.15, 0.2) is 0 Å². The Morgan fingerprint density at radius 3 is 1.94 bits per heavy atom. The van der Waals surface area contributed by atoms with E-state index >= 15 is 0 Å². The average molecular weight is 239 g/mol. The Hall–Kier alpha value is -0.320. The molecule has 2 rings (SSSR count). The van der Waals surface area contributed by atoms with Crippen LogP contribution in [0.1, 0.15) is 44.9 Å². The number of nitrogens with two attached hydrogens (primary N) is 1. The molecule has 2 saturated carbocycles. The summed E-state index contributed by atoms with van der Waals surface area (Å²) in [6, 6.07) is 0. The summed E-state index contributed by atoms with van der Waals surface area (Å²) in [6.07, 6.45) is -2.18. The molecule has 2 aliphatic rings. The van der Waals surface area contributed by atoms with Gasteiger partial charge in [0.1, 0.15) is 0 Å². The molecule has 2 aliphatic carbocycles. The standard InChI is InChI=1S/C11H17F4N/c12-10(11(13,14)15)3-1-8(2-4-10)7-9(16)5-6-9/h8H,1-7,16H2. The zero-order valence-corrected chi connectivity index (χ0v) is 9.12. The number of hydrogen-bond acceptors (Lipinski definition) is 1. The highest BCUT2D eigenvalue weighted by atomic mass is 19.4. The van der Waals surface area contributed by atoms with Crippen molar-refractivity contribution in [1.29, 1.82) is 0 Å². The molecule has 0 bridgehead atoms. The van der Waals surface area contributed by atoms with E-state index < -0.39 is 24.7 Å². The first kappa shape index (κ1) is 12.1. The fraction of sp³-hybridized carbons (Fsp3) is 1.00. The average Bonchev–Trinajstić information content (AvgIpc) is 2.86. The summed E-state index contributed by atoms with van der Waals surface area (Å²) in [7, 11) is 0. The van der Waals surface area contributed by atoms with Crippen LogP contribution in [0.15, 0.2) is 0 Å². The number of halogens is 4. The van der Waals surface area contributed by atoms with Crippen LogP contribution in [-0.2, 0) is 0 Å². The quantitative estimate of drug-likeness (QED) is 0.735. The van der Waals surface area contributed by atoms with Crippen LogP contribution in [0, 0.1) is 5.92 Å². The first-order valence-electron chi connectivity index (χ1n) is 5.79. The highest BCUT2D eigenvalue weighted by molar-refractivity contribution is 5.02. The van der Waals surface area contributed by atoms with Crippen molar-refractivity contribution in [3.8, 4) is 0 Å². The van der Waals surface area contributed by atoms with E-state index in [0.717, 1.165) is 19.3 Å². The van der Waals surface area contributed by atoms with Gasteiger partial charge in [0.25, 0.3) is 0 Å². The Kier molecular flexibility index (Phi) is 2.72. The zero-order chi connectivity index (χ0) is 12.0. The molecule has 0 aromatic carbocycles. The molecule has 0 spiro atoms. The molecule has 0 saturated heterocycles. The second kappa shape index (κ2) is 3.59. The molecule has 0 amide bonds. The van der Waals surface area contributed by atoms with Crippen LogP contribution in [0.25, 0.3) is 0 Å². The molecule has 0 unspecified atom stereocenters. The van der Waals surface area contributed by atoms with E-state index in [4.69, 9.17) is 5.73 Å². The van der Waals surface area contributed by atoms with E-state index in [0.29, 0.717) is 12.8 Å². The summed E-state index contributed by atoms with van der Waals surface area (Å²) in [5, 5.41) is 0. The maximum atomic E-state index is 13.5. The van der Waals surface area contributed by atoms with E-state index in [9.17, 15) is 17.6 Å². The predicted molar refractivity (Wildman–Crippen MR) is 52.6 cm³/mol. The third kappa shape index (κ3) is 2.34. The molecule has 2 fully saturated rings. The Morgan fingerprint density at radius 1 is 1.06 bits per heavy atom. The molecule has 0 radical (unpaired) electrons. The van der Waals surface area contributed by atoms with Gasteiger partial charge in [0.2, 0.25) is 5.67 Å². The number of alkyl halides is 4. The molecule has 0 aromatic rings. The predicted octanol–water partition coefficient (Wildman–Crippen LogP) is 3.33. The summed E-state index contributed by atoms with van der Waals surface area (Å²) < 4.78 is 50.8. The lowest BCUT2D eigenvalue weighted by atomic mass is 9.77. The van der Waals surface area contributed by atoms with Crippen molar-refractivity contribution in [3.63, 3.8) is 0 Å². The molecule has 0 aromatic heterocycles. The van der Waals surface area contributed by atoms with Crippen LogP contribution in [-0.4, -0.2) is 17.4 Å². The fourth-order valence-electron chi connectivity index (χ4n) is 2.56. The molecular formula is C11H17F4N. The molecule has 1 nitrogen and oxygen atoms in total. The molecule has 5 heteroatoms. The monoisotopic (exact) mass is 239 g/mol. The Labute approximate surface area is 92.4 Å². The van der Waals surface area contributed by atoms with Crippen molar-refractivity contribution >= 4 is 0 Å². The minimum atomic E-state index is -4.71. The molecule has 0 atom stereocenters. The van der Waals surface area contributed by atoms with Gasteiger partial charge in [-0.1, -0.05) is 0 Å². The lowest BCUT2D eigenvalue weighted by Gasteiger charge is -2.36. The SMILES string of the molecule is NC1(CC2CCC(F)(C(F)(F)F)CC2)CC1. The van der Waals surface area contributed by atoms with Gasteiger partial charge in [-0.05, 0) is 50.9 Å². The van der Waals surface area contributed by atoms with Crippen LogP contribution in [0.3, 0.4) is 0 Å². The van der Waals surface area contributed by atoms with Gasteiger partial charge >= 0.3 is 6.18 Å². The molecule has 94 valence electrons. The molecule has 0 heterocycles. The maximum absolute atomic E-state index is 13.5. The van der Waals surface area contributed by atoms with Gasteiger partial charge in [-0.3, -0.25) is 0 Å². The minimum absolute atomic E-state index is 0.140. The lowest BCUT2D eigenvalue weighted by Crippen LogP contribution is -2.44. The van der Waals surface area contributed by atoms with Gasteiger partial charge < -0.3 is 5.73 Å². The normalized spacial score (nSPS) is 38.4. The number of rotatable bonds is 2. The van der Waals surface area contributed by atoms with E-state index in [1.54, 1.807) is 0 Å². The Bertz CT molecular complexity index is 262. The van der Waals surface area contributed by atoms with E-state index in [2.05, 4.69) is 0 Å². The van der Waals surface area contributed by atoms with Crippen molar-refractivity contribution in [2.24, 2.45) is 11.7 Å². The summed E-state index contributed by atoms with van der Waals surface area (Å²) in [4.78, 5) is 0. The lowest BCUT2D eigenvalue weighted by molar-refractivity contribution is -0.242. The molecule has 0 aliphatic heterocycles. The third-order valence-electron chi connectivity index (χ3n) is 3.99. The van der Waals surface area contributed by atoms with Crippen molar-refractivity contribution < 1.29 is 17.6 Å². The van der Waals surface area contributed by atoms with Gasteiger partial charge in [-0.15, -0.1) is 0 Å². The first-order chi connectivity index (χ1) is 7.24.